The molecular weight excluding hydrogens is 325 g/mol. The molecule has 120 valence electrons. The highest BCUT2D eigenvalue weighted by atomic mass is 35.5. The molecule has 1 aliphatic heterocycles. The van der Waals surface area contributed by atoms with E-state index in [1.165, 1.54) is 12.1 Å². The zero-order valence-corrected chi connectivity index (χ0v) is 12.9. The molecule has 0 unspecified atom stereocenters. The molecule has 7 heteroatoms. The predicted octanol–water partition coefficient (Wildman–Crippen LogP) is 3.61. The van der Waals surface area contributed by atoms with Crippen molar-refractivity contribution < 1.29 is 23.4 Å². The van der Waals surface area contributed by atoms with Crippen molar-refractivity contribution in [2.75, 3.05) is 12.1 Å². The molecule has 2 aromatic carbocycles. The van der Waals surface area contributed by atoms with Crippen LogP contribution in [-0.2, 0) is 4.79 Å². The van der Waals surface area contributed by atoms with Crippen molar-refractivity contribution >= 4 is 23.2 Å². The van der Waals surface area contributed by atoms with E-state index >= 15 is 0 Å². The number of amides is 1. The zero-order chi connectivity index (χ0) is 16.4. The molecule has 1 heterocycles. The Balaban J connectivity index is 1.65. The Morgan fingerprint density at radius 1 is 1.26 bits per heavy atom. The van der Waals surface area contributed by atoms with Gasteiger partial charge in [-0.1, -0.05) is 11.6 Å². The highest BCUT2D eigenvalue weighted by Gasteiger charge is 2.19. The van der Waals surface area contributed by atoms with Gasteiger partial charge in [-0.05, 0) is 37.3 Å². The largest absolute Gasteiger partial charge is 0.481 e. The summed E-state index contributed by atoms with van der Waals surface area (Å²) in [6, 6.07) is 8.77. The minimum absolute atomic E-state index is 0.119. The number of hydrogen-bond donors (Lipinski definition) is 1. The van der Waals surface area contributed by atoms with E-state index in [1.807, 2.05) is 0 Å². The molecule has 1 aliphatic rings. The van der Waals surface area contributed by atoms with Gasteiger partial charge in [-0.3, -0.25) is 4.79 Å². The molecule has 1 N–H and O–H groups in total. The summed E-state index contributed by atoms with van der Waals surface area (Å²) in [5.74, 6) is 0.792. The van der Waals surface area contributed by atoms with E-state index in [0.717, 1.165) is 6.07 Å². The van der Waals surface area contributed by atoms with Crippen LogP contribution in [0.5, 0.6) is 17.2 Å². The summed E-state index contributed by atoms with van der Waals surface area (Å²) in [6.45, 7) is 1.76. The number of rotatable bonds is 4. The molecule has 0 aromatic heterocycles. The maximum absolute atomic E-state index is 13.0. The van der Waals surface area contributed by atoms with Gasteiger partial charge in [0.25, 0.3) is 5.91 Å². The molecular formula is C16H13ClFNO4. The number of anilines is 1. The molecule has 0 radical (unpaired) electrons. The van der Waals surface area contributed by atoms with Gasteiger partial charge in [-0.2, -0.15) is 0 Å². The fourth-order valence-corrected chi connectivity index (χ4v) is 2.25. The second-order valence-electron chi connectivity index (χ2n) is 4.89. The van der Waals surface area contributed by atoms with Gasteiger partial charge in [0.05, 0.1) is 10.7 Å². The van der Waals surface area contributed by atoms with Crippen LogP contribution in [0.4, 0.5) is 10.1 Å². The van der Waals surface area contributed by atoms with E-state index < -0.39 is 17.8 Å². The van der Waals surface area contributed by atoms with Crippen LogP contribution >= 0.6 is 11.6 Å². The van der Waals surface area contributed by atoms with Crippen molar-refractivity contribution in [2.45, 2.75) is 13.0 Å². The lowest BCUT2D eigenvalue weighted by atomic mass is 10.2. The van der Waals surface area contributed by atoms with Crippen LogP contribution in [0.1, 0.15) is 6.92 Å². The van der Waals surface area contributed by atoms with Gasteiger partial charge in [-0.25, -0.2) is 4.39 Å². The molecule has 0 saturated heterocycles. The number of benzene rings is 2. The molecule has 23 heavy (non-hydrogen) atoms. The molecule has 0 saturated carbocycles. The van der Waals surface area contributed by atoms with Crippen molar-refractivity contribution in [3.8, 4) is 17.2 Å². The summed E-state index contributed by atoms with van der Waals surface area (Å²) in [7, 11) is 0. The summed E-state index contributed by atoms with van der Waals surface area (Å²) in [5, 5.41) is 2.71. The van der Waals surface area contributed by atoms with E-state index in [1.54, 1.807) is 25.1 Å². The first-order valence-electron chi connectivity index (χ1n) is 6.85. The predicted molar refractivity (Wildman–Crippen MR) is 82.7 cm³/mol. The van der Waals surface area contributed by atoms with Crippen LogP contribution in [0.3, 0.4) is 0 Å². The van der Waals surface area contributed by atoms with Gasteiger partial charge in [-0.15, -0.1) is 0 Å². The SMILES string of the molecule is C[C@H](Oc1ccc2c(c1)OCO2)C(=O)Nc1ccc(F)cc1Cl. The summed E-state index contributed by atoms with van der Waals surface area (Å²) >= 11 is 5.88. The normalized spacial score (nSPS) is 13.5. The number of hydrogen-bond acceptors (Lipinski definition) is 4. The smallest absolute Gasteiger partial charge is 0.265 e. The van der Waals surface area contributed by atoms with Crippen LogP contribution in [0.25, 0.3) is 0 Å². The molecule has 5 nitrogen and oxygen atoms in total. The van der Waals surface area contributed by atoms with Gasteiger partial charge in [0.2, 0.25) is 6.79 Å². The van der Waals surface area contributed by atoms with Gasteiger partial charge < -0.3 is 19.5 Å². The maximum atomic E-state index is 13.0. The summed E-state index contributed by atoms with van der Waals surface area (Å²) < 4.78 is 29.0. The Labute approximate surface area is 136 Å². The Bertz CT molecular complexity index is 753. The number of carbonyl (C=O) groups excluding carboxylic acids is 1. The van der Waals surface area contributed by atoms with Gasteiger partial charge >= 0.3 is 0 Å². The summed E-state index contributed by atoms with van der Waals surface area (Å²) in [4.78, 5) is 12.1. The van der Waals surface area contributed by atoms with Crippen LogP contribution in [-0.4, -0.2) is 18.8 Å². The highest BCUT2D eigenvalue weighted by Crippen LogP contribution is 2.35. The van der Waals surface area contributed by atoms with Crippen LogP contribution in [0.15, 0.2) is 36.4 Å². The lowest BCUT2D eigenvalue weighted by Gasteiger charge is -2.15. The van der Waals surface area contributed by atoms with Crippen molar-refractivity contribution in [3.05, 3.63) is 47.2 Å². The van der Waals surface area contributed by atoms with E-state index in [4.69, 9.17) is 25.8 Å². The Kier molecular flexibility index (Phi) is 4.25. The number of fused-ring (bicyclic) bond motifs is 1. The van der Waals surface area contributed by atoms with E-state index in [2.05, 4.69) is 5.32 Å². The number of ether oxygens (including phenoxy) is 3. The lowest BCUT2D eigenvalue weighted by Crippen LogP contribution is -2.30. The molecule has 1 atom stereocenters. The van der Waals surface area contributed by atoms with Crippen molar-refractivity contribution in [2.24, 2.45) is 0 Å². The molecule has 1 amide bonds. The highest BCUT2D eigenvalue weighted by molar-refractivity contribution is 6.33. The first kappa shape index (κ1) is 15.4. The molecule has 0 spiro atoms. The first-order valence-corrected chi connectivity index (χ1v) is 7.23. The van der Waals surface area contributed by atoms with Crippen molar-refractivity contribution in [1.82, 2.24) is 0 Å². The average molecular weight is 338 g/mol. The first-order chi connectivity index (χ1) is 11.0. The standard InChI is InChI=1S/C16H13ClFNO4/c1-9(16(20)19-13-4-2-10(18)6-12(13)17)23-11-3-5-14-15(7-11)22-8-21-14/h2-7,9H,8H2,1H3,(H,19,20)/t9-/m0/s1. The van der Waals surface area contributed by atoms with Crippen molar-refractivity contribution in [1.29, 1.82) is 0 Å². The van der Waals surface area contributed by atoms with Gasteiger partial charge in [0.15, 0.2) is 17.6 Å². The number of carbonyl (C=O) groups is 1. The molecule has 3 rings (SSSR count). The monoisotopic (exact) mass is 337 g/mol. The third kappa shape index (κ3) is 3.48. The second-order valence-corrected chi connectivity index (χ2v) is 5.30. The third-order valence-electron chi connectivity index (χ3n) is 3.22. The van der Waals surface area contributed by atoms with E-state index in [-0.39, 0.29) is 11.8 Å². The zero-order valence-electron chi connectivity index (χ0n) is 12.1. The topological polar surface area (TPSA) is 56.8 Å². The molecule has 2 aromatic rings. The van der Waals surface area contributed by atoms with E-state index in [0.29, 0.717) is 22.9 Å². The number of nitrogens with one attached hydrogen (secondary N) is 1. The third-order valence-corrected chi connectivity index (χ3v) is 3.53. The van der Waals surface area contributed by atoms with Gasteiger partial charge in [0.1, 0.15) is 11.6 Å². The summed E-state index contributed by atoms with van der Waals surface area (Å²) in [5.41, 5.74) is 0.319. The lowest BCUT2D eigenvalue weighted by molar-refractivity contribution is -0.122. The minimum atomic E-state index is -0.781. The Hall–Kier alpha value is -2.47. The fraction of sp³-hybridized carbons (Fsp3) is 0.188. The Morgan fingerprint density at radius 3 is 2.83 bits per heavy atom. The summed E-state index contributed by atoms with van der Waals surface area (Å²) in [6.07, 6.45) is -0.781. The average Bonchev–Trinajstić information content (AvgIpc) is 2.97. The molecule has 0 bridgehead atoms. The van der Waals surface area contributed by atoms with E-state index in [9.17, 15) is 9.18 Å². The van der Waals surface area contributed by atoms with Gasteiger partial charge in [0, 0.05) is 6.07 Å². The minimum Gasteiger partial charge on any atom is -0.481 e. The van der Waals surface area contributed by atoms with Crippen LogP contribution < -0.4 is 19.5 Å². The van der Waals surface area contributed by atoms with Crippen molar-refractivity contribution in [3.63, 3.8) is 0 Å². The maximum Gasteiger partial charge on any atom is 0.265 e. The quantitative estimate of drug-likeness (QED) is 0.926. The Morgan fingerprint density at radius 2 is 2.04 bits per heavy atom. The number of halogens is 2. The molecule has 0 aliphatic carbocycles. The molecule has 0 fully saturated rings. The fourth-order valence-electron chi connectivity index (χ4n) is 2.03. The van der Waals surface area contributed by atoms with Crippen LogP contribution in [0, 0.1) is 5.82 Å². The van der Waals surface area contributed by atoms with Crippen LogP contribution in [0.2, 0.25) is 5.02 Å². The second kappa shape index (κ2) is 6.34.